The number of benzene rings is 3. The predicted octanol–water partition coefficient (Wildman–Crippen LogP) is 6.42. The topological polar surface area (TPSA) is 35.4 Å². The number of hydrogen-bond donors (Lipinski definition) is 1. The maximum atomic E-state index is 6.44. The number of methoxy groups -OCH3 is 2. The highest BCUT2D eigenvalue weighted by atomic mass is 35.5. The number of rotatable bonds is 9. The van der Waals surface area contributed by atoms with Gasteiger partial charge in [0.2, 0.25) is 0 Å². The number of fused-ring (bicyclic) bond motifs is 1. The Balaban J connectivity index is 0.00000306. The molecule has 0 amide bonds. The fourth-order valence-electron chi connectivity index (χ4n) is 4.21. The highest BCUT2D eigenvalue weighted by Crippen LogP contribution is 2.29. The number of aromatic nitrogens is 1. The van der Waals surface area contributed by atoms with E-state index in [1.165, 1.54) is 27.7 Å². The monoisotopic (exact) mass is 484 g/mol. The lowest BCUT2D eigenvalue weighted by atomic mass is 10.1. The van der Waals surface area contributed by atoms with E-state index in [0.29, 0.717) is 0 Å². The van der Waals surface area contributed by atoms with E-state index in [2.05, 4.69) is 53.2 Å². The van der Waals surface area contributed by atoms with Crippen molar-refractivity contribution >= 4 is 34.9 Å². The minimum Gasteiger partial charge on any atom is -0.493 e. The smallest absolute Gasteiger partial charge is 0.160 e. The normalized spacial score (nSPS) is 10.8. The van der Waals surface area contributed by atoms with Crippen molar-refractivity contribution in [3.05, 3.63) is 94.1 Å². The van der Waals surface area contributed by atoms with Gasteiger partial charge in [-0.1, -0.05) is 54.1 Å². The quantitative estimate of drug-likeness (QED) is 0.278. The molecule has 0 aliphatic rings. The van der Waals surface area contributed by atoms with Crippen molar-refractivity contribution in [1.29, 1.82) is 0 Å². The number of nitrogens with one attached hydrogen (secondary N) is 1. The number of para-hydroxylation sites is 1. The zero-order chi connectivity index (χ0) is 22.5. The maximum Gasteiger partial charge on any atom is 0.160 e. The van der Waals surface area contributed by atoms with E-state index in [1.54, 1.807) is 14.2 Å². The Morgan fingerprint density at radius 2 is 1.64 bits per heavy atom. The average Bonchev–Trinajstić information content (AvgIpc) is 3.09. The van der Waals surface area contributed by atoms with E-state index in [9.17, 15) is 0 Å². The molecule has 1 N–H and O–H groups in total. The molecule has 0 saturated carbocycles. The van der Waals surface area contributed by atoms with E-state index in [0.717, 1.165) is 48.1 Å². The Labute approximate surface area is 206 Å². The van der Waals surface area contributed by atoms with Crippen LogP contribution in [0, 0.1) is 6.92 Å². The van der Waals surface area contributed by atoms with E-state index in [1.807, 2.05) is 30.3 Å². The van der Waals surface area contributed by atoms with Gasteiger partial charge in [-0.05, 0) is 60.8 Å². The van der Waals surface area contributed by atoms with Crippen LogP contribution in [0.4, 0.5) is 0 Å². The van der Waals surface area contributed by atoms with E-state index in [4.69, 9.17) is 21.1 Å². The van der Waals surface area contributed by atoms with Gasteiger partial charge in [0.05, 0.1) is 14.2 Å². The first kappa shape index (κ1) is 25.0. The lowest BCUT2D eigenvalue weighted by molar-refractivity contribution is 0.354. The SMILES string of the molecule is COc1ccc(CCNCc2c(C)n(Cc3ccccc3Cl)c3ccccc23)cc1OC.Cl. The van der Waals surface area contributed by atoms with Crippen molar-refractivity contribution < 1.29 is 9.47 Å². The molecule has 0 aliphatic heterocycles. The predicted molar refractivity (Wildman–Crippen MR) is 139 cm³/mol. The van der Waals surface area contributed by atoms with Gasteiger partial charge in [0.1, 0.15) is 0 Å². The molecule has 0 aliphatic carbocycles. The molecule has 0 radical (unpaired) electrons. The first-order valence-corrected chi connectivity index (χ1v) is 11.2. The number of nitrogens with zero attached hydrogens (tertiary/aromatic N) is 1. The molecule has 33 heavy (non-hydrogen) atoms. The summed E-state index contributed by atoms with van der Waals surface area (Å²) in [6.45, 7) is 4.65. The van der Waals surface area contributed by atoms with Crippen molar-refractivity contribution in [3.8, 4) is 11.5 Å². The lowest BCUT2D eigenvalue weighted by Crippen LogP contribution is -2.17. The summed E-state index contributed by atoms with van der Waals surface area (Å²) in [5.74, 6) is 1.52. The van der Waals surface area contributed by atoms with Crippen molar-refractivity contribution in [2.45, 2.75) is 26.4 Å². The Morgan fingerprint density at radius 3 is 2.39 bits per heavy atom. The molecular weight excluding hydrogens is 455 g/mol. The Morgan fingerprint density at radius 1 is 0.909 bits per heavy atom. The van der Waals surface area contributed by atoms with Crippen LogP contribution < -0.4 is 14.8 Å². The summed E-state index contributed by atoms with van der Waals surface area (Å²) in [5.41, 5.74) is 6.19. The summed E-state index contributed by atoms with van der Waals surface area (Å²) in [6.07, 6.45) is 0.914. The third-order valence-electron chi connectivity index (χ3n) is 5.99. The first-order valence-electron chi connectivity index (χ1n) is 10.8. The van der Waals surface area contributed by atoms with Gasteiger partial charge in [-0.3, -0.25) is 0 Å². The molecule has 0 fully saturated rings. The molecule has 0 spiro atoms. The molecule has 174 valence electrons. The van der Waals surface area contributed by atoms with Crippen LogP contribution in [0.2, 0.25) is 5.02 Å². The summed E-state index contributed by atoms with van der Waals surface area (Å²) in [7, 11) is 3.32. The molecular formula is C27H30Cl2N2O2. The second kappa shape index (κ2) is 11.5. The van der Waals surface area contributed by atoms with Crippen LogP contribution >= 0.6 is 24.0 Å². The Hall–Kier alpha value is -2.66. The molecule has 4 aromatic rings. The fraction of sp³-hybridized carbons (Fsp3) is 0.259. The van der Waals surface area contributed by atoms with E-state index < -0.39 is 0 Å². The van der Waals surface area contributed by atoms with Crippen molar-refractivity contribution in [2.24, 2.45) is 0 Å². The summed E-state index contributed by atoms with van der Waals surface area (Å²) in [4.78, 5) is 0. The van der Waals surface area contributed by atoms with Crippen LogP contribution in [-0.2, 0) is 19.5 Å². The zero-order valence-corrected chi connectivity index (χ0v) is 20.8. The third-order valence-corrected chi connectivity index (χ3v) is 6.36. The molecule has 4 nitrogen and oxygen atoms in total. The Kier molecular flexibility index (Phi) is 8.67. The standard InChI is InChI=1S/C27H29ClN2O2.ClH/c1-19-23(17-29-15-14-20-12-13-26(31-2)27(16-20)32-3)22-9-5-7-11-25(22)30(19)18-21-8-4-6-10-24(21)28;/h4-13,16,29H,14-15,17-18H2,1-3H3;1H. The van der Waals surface area contributed by atoms with Gasteiger partial charge in [-0.2, -0.15) is 0 Å². The molecule has 4 rings (SSSR count). The van der Waals surface area contributed by atoms with Crippen molar-refractivity contribution in [2.75, 3.05) is 20.8 Å². The molecule has 3 aromatic carbocycles. The molecule has 0 bridgehead atoms. The summed E-state index contributed by atoms with van der Waals surface area (Å²) >= 11 is 6.44. The molecule has 0 saturated heterocycles. The van der Waals surface area contributed by atoms with Gasteiger partial charge in [0, 0.05) is 34.7 Å². The van der Waals surface area contributed by atoms with Gasteiger partial charge in [0.25, 0.3) is 0 Å². The minimum absolute atomic E-state index is 0. The van der Waals surface area contributed by atoms with Crippen LogP contribution in [0.3, 0.4) is 0 Å². The second-order valence-electron chi connectivity index (χ2n) is 7.87. The third kappa shape index (κ3) is 5.47. The zero-order valence-electron chi connectivity index (χ0n) is 19.2. The van der Waals surface area contributed by atoms with Crippen LogP contribution in [0.1, 0.15) is 22.4 Å². The fourth-order valence-corrected chi connectivity index (χ4v) is 4.40. The summed E-state index contributed by atoms with van der Waals surface area (Å²) < 4.78 is 13.1. The Bertz CT molecular complexity index is 1220. The molecule has 6 heteroatoms. The molecule has 0 unspecified atom stereocenters. The lowest BCUT2D eigenvalue weighted by Gasteiger charge is -2.11. The average molecular weight is 485 g/mol. The van der Waals surface area contributed by atoms with E-state index in [-0.39, 0.29) is 12.4 Å². The summed E-state index contributed by atoms with van der Waals surface area (Å²) in [6, 6.07) is 22.7. The molecule has 1 aromatic heterocycles. The van der Waals surface area contributed by atoms with Crippen molar-refractivity contribution in [3.63, 3.8) is 0 Å². The highest BCUT2D eigenvalue weighted by Gasteiger charge is 2.14. The number of hydrogen-bond acceptors (Lipinski definition) is 3. The van der Waals surface area contributed by atoms with Crippen LogP contribution in [0.15, 0.2) is 66.7 Å². The van der Waals surface area contributed by atoms with Gasteiger partial charge in [-0.15, -0.1) is 12.4 Å². The van der Waals surface area contributed by atoms with E-state index >= 15 is 0 Å². The van der Waals surface area contributed by atoms with Gasteiger partial charge < -0.3 is 19.4 Å². The largest absolute Gasteiger partial charge is 0.493 e. The van der Waals surface area contributed by atoms with Crippen LogP contribution in [-0.4, -0.2) is 25.3 Å². The van der Waals surface area contributed by atoms with Gasteiger partial charge >= 0.3 is 0 Å². The maximum absolute atomic E-state index is 6.44. The first-order chi connectivity index (χ1) is 15.6. The highest BCUT2D eigenvalue weighted by molar-refractivity contribution is 6.31. The number of ether oxygens (including phenoxy) is 2. The van der Waals surface area contributed by atoms with Crippen molar-refractivity contribution in [1.82, 2.24) is 9.88 Å². The second-order valence-corrected chi connectivity index (χ2v) is 8.28. The summed E-state index contributed by atoms with van der Waals surface area (Å²) in [5, 5.41) is 5.72. The van der Waals surface area contributed by atoms with Gasteiger partial charge in [-0.25, -0.2) is 0 Å². The van der Waals surface area contributed by atoms with Gasteiger partial charge in [0.15, 0.2) is 11.5 Å². The van der Waals surface area contributed by atoms with Crippen LogP contribution in [0.5, 0.6) is 11.5 Å². The number of halogens is 2. The minimum atomic E-state index is 0. The molecule has 0 atom stereocenters. The molecule has 1 heterocycles. The van der Waals surface area contributed by atoms with Crippen LogP contribution in [0.25, 0.3) is 10.9 Å².